The van der Waals surface area contributed by atoms with Crippen molar-refractivity contribution in [2.75, 3.05) is 20.8 Å². The first kappa shape index (κ1) is 12.2. The summed E-state index contributed by atoms with van der Waals surface area (Å²) >= 11 is 0. The fraction of sp³-hybridized carbons (Fsp3) is 0.500. The summed E-state index contributed by atoms with van der Waals surface area (Å²) in [6, 6.07) is 8.16. The molecule has 0 saturated heterocycles. The van der Waals surface area contributed by atoms with Gasteiger partial charge in [0.2, 0.25) is 0 Å². The van der Waals surface area contributed by atoms with Gasteiger partial charge in [0.15, 0.2) is 0 Å². The third kappa shape index (κ3) is 3.30. The fourth-order valence-electron chi connectivity index (χ4n) is 1.49. The summed E-state index contributed by atoms with van der Waals surface area (Å²) in [5.41, 5.74) is 8.05. The Morgan fingerprint density at radius 3 is 2.47 bits per heavy atom. The van der Waals surface area contributed by atoms with Gasteiger partial charge in [0.1, 0.15) is 6.10 Å². The molecule has 2 atom stereocenters. The number of rotatable bonds is 5. The quantitative estimate of drug-likeness (QED) is 0.807. The lowest BCUT2D eigenvalue weighted by Gasteiger charge is -2.16. The highest BCUT2D eigenvalue weighted by Crippen LogP contribution is 2.20. The van der Waals surface area contributed by atoms with Crippen LogP contribution in [-0.2, 0) is 9.47 Å². The first-order valence-electron chi connectivity index (χ1n) is 5.06. The van der Waals surface area contributed by atoms with Crippen molar-refractivity contribution in [3.05, 3.63) is 35.4 Å². The molecule has 0 heterocycles. The van der Waals surface area contributed by atoms with E-state index in [2.05, 4.69) is 6.07 Å². The van der Waals surface area contributed by atoms with E-state index in [1.165, 1.54) is 0 Å². The molecule has 84 valence electrons. The molecule has 1 aromatic carbocycles. The van der Waals surface area contributed by atoms with Crippen molar-refractivity contribution < 1.29 is 9.47 Å². The van der Waals surface area contributed by atoms with Crippen molar-refractivity contribution >= 4 is 0 Å². The molecule has 0 aliphatic rings. The van der Waals surface area contributed by atoms with Crippen LogP contribution in [0.2, 0.25) is 0 Å². The molecule has 1 rings (SSSR count). The number of hydrogen-bond acceptors (Lipinski definition) is 3. The maximum absolute atomic E-state index is 5.83. The highest BCUT2D eigenvalue weighted by molar-refractivity contribution is 5.27. The number of hydrogen-bond donors (Lipinski definition) is 1. The standard InChI is InChI=1S/C12H19NO2/c1-9(13)10-5-4-6-11(7-10)12(15-3)8-14-2/h4-7,9,12H,8,13H2,1-3H3. The minimum atomic E-state index is -0.0197. The van der Waals surface area contributed by atoms with Gasteiger partial charge in [0.25, 0.3) is 0 Å². The van der Waals surface area contributed by atoms with E-state index < -0.39 is 0 Å². The van der Waals surface area contributed by atoms with Gasteiger partial charge < -0.3 is 15.2 Å². The van der Waals surface area contributed by atoms with Gasteiger partial charge in [-0.2, -0.15) is 0 Å². The van der Waals surface area contributed by atoms with E-state index in [4.69, 9.17) is 15.2 Å². The molecule has 0 amide bonds. The SMILES string of the molecule is COCC(OC)c1cccc(C(C)N)c1. The van der Waals surface area contributed by atoms with Crippen molar-refractivity contribution in [1.82, 2.24) is 0 Å². The highest BCUT2D eigenvalue weighted by Gasteiger charge is 2.11. The molecular weight excluding hydrogens is 190 g/mol. The van der Waals surface area contributed by atoms with Crippen molar-refractivity contribution in [1.29, 1.82) is 0 Å². The van der Waals surface area contributed by atoms with Gasteiger partial charge in [-0.05, 0) is 18.1 Å². The summed E-state index contributed by atoms with van der Waals surface area (Å²) in [6.45, 7) is 2.52. The van der Waals surface area contributed by atoms with Crippen molar-refractivity contribution in [2.45, 2.75) is 19.1 Å². The van der Waals surface area contributed by atoms with Crippen molar-refractivity contribution in [2.24, 2.45) is 5.73 Å². The summed E-state index contributed by atoms with van der Waals surface area (Å²) in [5.74, 6) is 0. The van der Waals surface area contributed by atoms with E-state index in [0.29, 0.717) is 6.61 Å². The molecule has 0 fully saturated rings. The van der Waals surface area contributed by atoms with Crippen LogP contribution >= 0.6 is 0 Å². The Labute approximate surface area is 91.2 Å². The maximum atomic E-state index is 5.83. The number of nitrogens with two attached hydrogens (primary N) is 1. The molecule has 0 aliphatic carbocycles. The molecule has 0 bridgehead atoms. The zero-order valence-electron chi connectivity index (χ0n) is 9.57. The van der Waals surface area contributed by atoms with Gasteiger partial charge >= 0.3 is 0 Å². The molecule has 2 N–H and O–H groups in total. The van der Waals surface area contributed by atoms with E-state index in [-0.39, 0.29) is 12.1 Å². The van der Waals surface area contributed by atoms with Gasteiger partial charge in [-0.25, -0.2) is 0 Å². The van der Waals surface area contributed by atoms with Crippen LogP contribution in [0, 0.1) is 0 Å². The monoisotopic (exact) mass is 209 g/mol. The molecule has 3 heteroatoms. The molecular formula is C12H19NO2. The Kier molecular flexibility index (Phi) is 4.75. The van der Waals surface area contributed by atoms with E-state index in [0.717, 1.165) is 11.1 Å². The zero-order valence-corrected chi connectivity index (χ0v) is 9.57. The second-order valence-electron chi connectivity index (χ2n) is 3.64. The smallest absolute Gasteiger partial charge is 0.105 e. The van der Waals surface area contributed by atoms with Gasteiger partial charge in [-0.15, -0.1) is 0 Å². The van der Waals surface area contributed by atoms with Gasteiger partial charge in [-0.3, -0.25) is 0 Å². The summed E-state index contributed by atoms with van der Waals surface area (Å²) < 4.78 is 10.4. The lowest BCUT2D eigenvalue weighted by atomic mass is 10.0. The number of ether oxygens (including phenoxy) is 2. The van der Waals surface area contributed by atoms with Crippen LogP contribution in [0.25, 0.3) is 0 Å². The number of benzene rings is 1. The minimum absolute atomic E-state index is 0.0197. The molecule has 15 heavy (non-hydrogen) atoms. The predicted octanol–water partition coefficient (Wildman–Crippen LogP) is 2.04. The van der Waals surface area contributed by atoms with Gasteiger partial charge in [-0.1, -0.05) is 24.3 Å². The lowest BCUT2D eigenvalue weighted by molar-refractivity contribution is 0.0274. The number of methoxy groups -OCH3 is 2. The average molecular weight is 209 g/mol. The van der Waals surface area contributed by atoms with Gasteiger partial charge in [0, 0.05) is 20.3 Å². The topological polar surface area (TPSA) is 44.5 Å². The summed E-state index contributed by atoms with van der Waals surface area (Å²) in [4.78, 5) is 0. The summed E-state index contributed by atoms with van der Waals surface area (Å²) in [6.07, 6.45) is -0.0197. The molecule has 1 aromatic rings. The Morgan fingerprint density at radius 2 is 1.93 bits per heavy atom. The van der Waals surface area contributed by atoms with Crippen LogP contribution in [0.4, 0.5) is 0 Å². The highest BCUT2D eigenvalue weighted by atomic mass is 16.5. The second-order valence-corrected chi connectivity index (χ2v) is 3.64. The van der Waals surface area contributed by atoms with Crippen molar-refractivity contribution in [3.63, 3.8) is 0 Å². The second kappa shape index (κ2) is 5.85. The molecule has 0 spiro atoms. The van der Waals surface area contributed by atoms with Crippen LogP contribution in [0.3, 0.4) is 0 Å². The molecule has 0 aliphatic heterocycles. The third-order valence-corrected chi connectivity index (χ3v) is 2.41. The zero-order chi connectivity index (χ0) is 11.3. The molecule has 0 saturated carbocycles. The summed E-state index contributed by atoms with van der Waals surface area (Å²) in [5, 5.41) is 0. The molecule has 2 unspecified atom stereocenters. The maximum Gasteiger partial charge on any atom is 0.105 e. The van der Waals surface area contributed by atoms with Crippen molar-refractivity contribution in [3.8, 4) is 0 Å². The van der Waals surface area contributed by atoms with Crippen LogP contribution in [-0.4, -0.2) is 20.8 Å². The van der Waals surface area contributed by atoms with Crippen LogP contribution in [0.5, 0.6) is 0 Å². The average Bonchev–Trinajstić information content (AvgIpc) is 2.26. The Bertz CT molecular complexity index is 299. The van der Waals surface area contributed by atoms with Gasteiger partial charge in [0.05, 0.1) is 6.61 Å². The third-order valence-electron chi connectivity index (χ3n) is 2.41. The Hall–Kier alpha value is -0.900. The molecule has 0 aromatic heterocycles. The first-order valence-corrected chi connectivity index (χ1v) is 5.06. The molecule has 3 nitrogen and oxygen atoms in total. The van der Waals surface area contributed by atoms with E-state index in [1.807, 2.05) is 25.1 Å². The fourth-order valence-corrected chi connectivity index (χ4v) is 1.49. The predicted molar refractivity (Wildman–Crippen MR) is 60.7 cm³/mol. The Balaban J connectivity index is 2.87. The largest absolute Gasteiger partial charge is 0.382 e. The lowest BCUT2D eigenvalue weighted by Crippen LogP contribution is -2.10. The Morgan fingerprint density at radius 1 is 1.27 bits per heavy atom. The van der Waals surface area contributed by atoms with E-state index >= 15 is 0 Å². The van der Waals surface area contributed by atoms with E-state index in [1.54, 1.807) is 14.2 Å². The van der Waals surface area contributed by atoms with E-state index in [9.17, 15) is 0 Å². The van der Waals surface area contributed by atoms with Crippen LogP contribution in [0.15, 0.2) is 24.3 Å². The van der Waals surface area contributed by atoms with Crippen LogP contribution in [0.1, 0.15) is 30.2 Å². The first-order chi connectivity index (χ1) is 7.19. The normalized spacial score (nSPS) is 14.9. The molecule has 0 radical (unpaired) electrons. The summed E-state index contributed by atoms with van der Waals surface area (Å²) in [7, 11) is 3.35. The minimum Gasteiger partial charge on any atom is -0.382 e. The van der Waals surface area contributed by atoms with Crippen LogP contribution < -0.4 is 5.73 Å².